The maximum Gasteiger partial charge on any atom is 0.331 e. The Morgan fingerprint density at radius 3 is 2.74 bits per heavy atom. The van der Waals surface area contributed by atoms with Gasteiger partial charge in [0.1, 0.15) is 5.69 Å². The molecule has 1 aromatic heterocycles. The van der Waals surface area contributed by atoms with Gasteiger partial charge in [0, 0.05) is 17.8 Å². The molecule has 120 valence electrons. The number of aromatic nitrogens is 1. The maximum absolute atomic E-state index is 12.8. The second-order valence-electron chi connectivity index (χ2n) is 5.91. The van der Waals surface area contributed by atoms with Gasteiger partial charge in [-0.3, -0.25) is 4.79 Å². The molecular formula is C17H18N2O3S. The largest absolute Gasteiger partial charge is 0.479 e. The van der Waals surface area contributed by atoms with Crippen molar-refractivity contribution in [3.05, 3.63) is 51.5 Å². The quantitative estimate of drug-likeness (QED) is 0.939. The van der Waals surface area contributed by atoms with Gasteiger partial charge in [-0.15, -0.1) is 11.3 Å². The second kappa shape index (κ2) is 6.12. The molecule has 6 heteroatoms. The molecule has 1 aliphatic rings. The van der Waals surface area contributed by atoms with Crippen LogP contribution in [0.15, 0.2) is 29.6 Å². The summed E-state index contributed by atoms with van der Waals surface area (Å²) in [4.78, 5) is 30.3. The van der Waals surface area contributed by atoms with E-state index in [1.807, 2.05) is 32.0 Å². The SMILES string of the molecule is CC(C)c1nc(C(=O)N2CCc3ccccc3[C@@H]2C(=O)O)cs1. The van der Waals surface area contributed by atoms with Crippen LogP contribution in [-0.4, -0.2) is 33.4 Å². The monoisotopic (exact) mass is 330 g/mol. The Hall–Kier alpha value is -2.21. The number of rotatable bonds is 3. The van der Waals surface area contributed by atoms with Gasteiger partial charge in [-0.25, -0.2) is 9.78 Å². The molecule has 1 N–H and O–H groups in total. The third-order valence-electron chi connectivity index (χ3n) is 4.01. The predicted molar refractivity (Wildman–Crippen MR) is 87.8 cm³/mol. The predicted octanol–water partition coefficient (Wildman–Crippen LogP) is 3.09. The van der Waals surface area contributed by atoms with Crippen LogP contribution >= 0.6 is 11.3 Å². The Balaban J connectivity index is 1.95. The number of carboxylic acids is 1. The van der Waals surface area contributed by atoms with Gasteiger partial charge in [0.05, 0.1) is 5.01 Å². The number of hydrogen-bond acceptors (Lipinski definition) is 4. The van der Waals surface area contributed by atoms with Gasteiger partial charge in [-0.1, -0.05) is 38.1 Å². The summed E-state index contributed by atoms with van der Waals surface area (Å²) in [5.74, 6) is -1.07. The van der Waals surface area contributed by atoms with Crippen molar-refractivity contribution in [2.24, 2.45) is 0 Å². The molecule has 1 amide bonds. The van der Waals surface area contributed by atoms with Crippen molar-refractivity contribution in [3.63, 3.8) is 0 Å². The first-order valence-corrected chi connectivity index (χ1v) is 8.44. The lowest BCUT2D eigenvalue weighted by Crippen LogP contribution is -2.43. The number of aliphatic carboxylic acids is 1. The highest BCUT2D eigenvalue weighted by Crippen LogP contribution is 2.31. The van der Waals surface area contributed by atoms with Crippen molar-refractivity contribution >= 4 is 23.2 Å². The van der Waals surface area contributed by atoms with E-state index >= 15 is 0 Å². The summed E-state index contributed by atoms with van der Waals surface area (Å²) in [5.41, 5.74) is 2.02. The lowest BCUT2D eigenvalue weighted by atomic mass is 9.92. The number of carbonyl (C=O) groups excluding carboxylic acids is 1. The van der Waals surface area contributed by atoms with Crippen LogP contribution < -0.4 is 0 Å². The lowest BCUT2D eigenvalue weighted by Gasteiger charge is -2.34. The summed E-state index contributed by atoms with van der Waals surface area (Å²) in [6.45, 7) is 4.43. The minimum absolute atomic E-state index is 0.249. The van der Waals surface area contributed by atoms with Crippen LogP contribution in [0.25, 0.3) is 0 Å². The van der Waals surface area contributed by atoms with Gasteiger partial charge in [0.15, 0.2) is 6.04 Å². The number of carboxylic acid groups (broad SMARTS) is 1. The zero-order valence-electron chi connectivity index (χ0n) is 13.0. The first kappa shape index (κ1) is 15.7. The maximum atomic E-state index is 12.8. The molecule has 1 aromatic carbocycles. The summed E-state index contributed by atoms with van der Waals surface area (Å²) in [5, 5.41) is 12.2. The Bertz CT molecular complexity index is 754. The third-order valence-corrected chi connectivity index (χ3v) is 5.16. The first-order chi connectivity index (χ1) is 11.0. The standard InChI is InChI=1S/C17H18N2O3S/c1-10(2)15-18-13(9-23-15)16(20)19-8-7-11-5-3-4-6-12(11)14(19)17(21)22/h3-6,9-10,14H,7-8H2,1-2H3,(H,21,22)/t14-/m1/s1. The molecule has 3 rings (SSSR count). The molecule has 1 aliphatic heterocycles. The Labute approximate surface area is 138 Å². The van der Waals surface area contributed by atoms with Crippen molar-refractivity contribution in [1.82, 2.24) is 9.88 Å². The minimum atomic E-state index is -1.01. The number of carbonyl (C=O) groups is 2. The molecule has 0 saturated heterocycles. The van der Waals surface area contributed by atoms with Crippen LogP contribution in [0.3, 0.4) is 0 Å². The fraction of sp³-hybridized carbons (Fsp3) is 0.353. The zero-order chi connectivity index (χ0) is 16.6. The van der Waals surface area contributed by atoms with E-state index in [9.17, 15) is 14.7 Å². The topological polar surface area (TPSA) is 70.5 Å². The zero-order valence-corrected chi connectivity index (χ0v) is 13.8. The lowest BCUT2D eigenvalue weighted by molar-refractivity contribution is -0.143. The molecule has 2 heterocycles. The molecule has 0 fully saturated rings. The minimum Gasteiger partial charge on any atom is -0.479 e. The van der Waals surface area contributed by atoms with Crippen LogP contribution in [0.5, 0.6) is 0 Å². The van der Waals surface area contributed by atoms with E-state index in [-0.39, 0.29) is 11.8 Å². The van der Waals surface area contributed by atoms with Crippen molar-refractivity contribution < 1.29 is 14.7 Å². The van der Waals surface area contributed by atoms with E-state index in [4.69, 9.17) is 0 Å². The van der Waals surface area contributed by atoms with Gasteiger partial charge < -0.3 is 10.0 Å². The molecule has 0 radical (unpaired) electrons. The van der Waals surface area contributed by atoms with Crippen molar-refractivity contribution in [1.29, 1.82) is 0 Å². The van der Waals surface area contributed by atoms with Gasteiger partial charge in [-0.05, 0) is 17.5 Å². The van der Waals surface area contributed by atoms with Gasteiger partial charge >= 0.3 is 5.97 Å². The molecule has 0 aliphatic carbocycles. The van der Waals surface area contributed by atoms with E-state index in [1.54, 1.807) is 11.4 Å². The summed E-state index contributed by atoms with van der Waals surface area (Å²) < 4.78 is 0. The van der Waals surface area contributed by atoms with Crippen LogP contribution in [0, 0.1) is 0 Å². The van der Waals surface area contributed by atoms with Crippen molar-refractivity contribution in [3.8, 4) is 0 Å². The summed E-state index contributed by atoms with van der Waals surface area (Å²) in [6.07, 6.45) is 0.660. The van der Waals surface area contributed by atoms with Crippen molar-refractivity contribution in [2.45, 2.75) is 32.2 Å². The molecule has 0 bridgehead atoms. The highest BCUT2D eigenvalue weighted by Gasteiger charge is 2.36. The first-order valence-electron chi connectivity index (χ1n) is 7.56. The molecule has 0 spiro atoms. The van der Waals surface area contributed by atoms with E-state index in [0.29, 0.717) is 24.2 Å². The summed E-state index contributed by atoms with van der Waals surface area (Å²) >= 11 is 1.44. The number of fused-ring (bicyclic) bond motifs is 1. The molecule has 2 aromatic rings. The molecule has 0 unspecified atom stereocenters. The fourth-order valence-electron chi connectivity index (χ4n) is 2.85. The summed E-state index contributed by atoms with van der Waals surface area (Å²) in [7, 11) is 0. The van der Waals surface area contributed by atoms with Crippen LogP contribution in [0.4, 0.5) is 0 Å². The Morgan fingerprint density at radius 1 is 1.35 bits per heavy atom. The third kappa shape index (κ3) is 2.86. The second-order valence-corrected chi connectivity index (χ2v) is 6.80. The van der Waals surface area contributed by atoms with Crippen molar-refractivity contribution in [2.75, 3.05) is 6.54 Å². The van der Waals surface area contributed by atoms with Gasteiger partial charge in [-0.2, -0.15) is 0 Å². The molecular weight excluding hydrogens is 312 g/mol. The smallest absolute Gasteiger partial charge is 0.331 e. The fourth-order valence-corrected chi connectivity index (χ4v) is 3.66. The summed E-state index contributed by atoms with van der Waals surface area (Å²) in [6, 6.07) is 6.46. The number of hydrogen-bond donors (Lipinski definition) is 1. The van der Waals surface area contributed by atoms with E-state index in [2.05, 4.69) is 4.98 Å². The Kier molecular flexibility index (Phi) is 4.17. The van der Waals surface area contributed by atoms with Crippen LogP contribution in [0.1, 0.15) is 52.4 Å². The highest BCUT2D eigenvalue weighted by molar-refractivity contribution is 7.09. The number of amides is 1. The number of thiazole rings is 1. The number of nitrogens with zero attached hydrogens (tertiary/aromatic N) is 2. The number of benzene rings is 1. The van der Waals surface area contributed by atoms with E-state index in [0.717, 1.165) is 10.6 Å². The van der Waals surface area contributed by atoms with Gasteiger partial charge in [0.2, 0.25) is 0 Å². The van der Waals surface area contributed by atoms with Crippen LogP contribution in [-0.2, 0) is 11.2 Å². The normalized spacial score (nSPS) is 17.2. The van der Waals surface area contributed by atoms with E-state index in [1.165, 1.54) is 16.2 Å². The van der Waals surface area contributed by atoms with Crippen LogP contribution in [0.2, 0.25) is 0 Å². The molecule has 1 atom stereocenters. The molecule has 0 saturated carbocycles. The van der Waals surface area contributed by atoms with E-state index < -0.39 is 12.0 Å². The average molecular weight is 330 g/mol. The highest BCUT2D eigenvalue weighted by atomic mass is 32.1. The Morgan fingerprint density at radius 2 is 2.09 bits per heavy atom. The van der Waals surface area contributed by atoms with Gasteiger partial charge in [0.25, 0.3) is 5.91 Å². The molecule has 5 nitrogen and oxygen atoms in total. The molecule has 23 heavy (non-hydrogen) atoms. The average Bonchev–Trinajstić information content (AvgIpc) is 3.03.